The van der Waals surface area contributed by atoms with E-state index in [2.05, 4.69) is 33.5 Å². The van der Waals surface area contributed by atoms with Gasteiger partial charge in [-0.25, -0.2) is 9.37 Å². The molecule has 0 unspecified atom stereocenters. The molecule has 4 rings (SSSR count). The molecule has 5 nitrogen and oxygen atoms in total. The Labute approximate surface area is 178 Å². The number of piperidine rings is 1. The number of allylic oxidation sites excluding steroid dienone is 1. The van der Waals surface area contributed by atoms with Crippen molar-refractivity contribution in [3.05, 3.63) is 66.0 Å². The summed E-state index contributed by atoms with van der Waals surface area (Å²) in [6.07, 6.45) is 11.1. The van der Waals surface area contributed by atoms with Gasteiger partial charge in [-0.3, -0.25) is 9.69 Å². The predicted molar refractivity (Wildman–Crippen MR) is 115 cm³/mol. The van der Waals surface area contributed by atoms with Gasteiger partial charge < -0.3 is 9.47 Å². The summed E-state index contributed by atoms with van der Waals surface area (Å²) in [5, 5.41) is 0. The van der Waals surface area contributed by atoms with E-state index in [0.717, 1.165) is 56.8 Å². The number of benzene rings is 1. The van der Waals surface area contributed by atoms with E-state index in [4.69, 9.17) is 0 Å². The van der Waals surface area contributed by atoms with Gasteiger partial charge in [0.2, 0.25) is 5.91 Å². The largest absolute Gasteiger partial charge is 0.334 e. The number of nitrogens with zero attached hydrogens (tertiary/aromatic N) is 4. The van der Waals surface area contributed by atoms with Gasteiger partial charge in [0.25, 0.3) is 0 Å². The SMILES string of the molecule is CCn1ccnc1CN1CCC([C@@H]2CC=CCN(Cc3ccc(F)cc3)C2=O)CC1. The summed E-state index contributed by atoms with van der Waals surface area (Å²) < 4.78 is 15.4. The van der Waals surface area contributed by atoms with Gasteiger partial charge in [-0.2, -0.15) is 0 Å². The van der Waals surface area contributed by atoms with Crippen molar-refractivity contribution >= 4 is 5.91 Å². The highest BCUT2D eigenvalue weighted by molar-refractivity contribution is 5.80. The van der Waals surface area contributed by atoms with Crippen LogP contribution in [0.2, 0.25) is 0 Å². The van der Waals surface area contributed by atoms with E-state index >= 15 is 0 Å². The molecule has 0 bridgehead atoms. The van der Waals surface area contributed by atoms with Gasteiger partial charge in [0.05, 0.1) is 6.54 Å². The van der Waals surface area contributed by atoms with Crippen molar-refractivity contribution in [1.82, 2.24) is 19.4 Å². The number of aromatic nitrogens is 2. The first-order chi connectivity index (χ1) is 14.6. The summed E-state index contributed by atoms with van der Waals surface area (Å²) in [4.78, 5) is 22.2. The van der Waals surface area contributed by atoms with Crippen molar-refractivity contribution in [2.45, 2.75) is 45.8 Å². The van der Waals surface area contributed by atoms with Crippen LogP contribution in [0.1, 0.15) is 37.6 Å². The number of carbonyl (C=O) groups is 1. The number of hydrogen-bond acceptors (Lipinski definition) is 3. The number of hydrogen-bond donors (Lipinski definition) is 0. The van der Waals surface area contributed by atoms with Gasteiger partial charge in [0.1, 0.15) is 11.6 Å². The Morgan fingerprint density at radius 3 is 2.60 bits per heavy atom. The second kappa shape index (κ2) is 9.56. The lowest BCUT2D eigenvalue weighted by atomic mass is 9.81. The summed E-state index contributed by atoms with van der Waals surface area (Å²) in [5.74, 6) is 1.58. The number of aryl methyl sites for hydroxylation is 1. The molecule has 2 aliphatic heterocycles. The molecular weight excluding hydrogens is 379 g/mol. The Morgan fingerprint density at radius 2 is 1.87 bits per heavy atom. The molecular formula is C24H31FN4O. The molecule has 1 aromatic carbocycles. The molecule has 1 saturated heterocycles. The second-order valence-electron chi connectivity index (χ2n) is 8.40. The van der Waals surface area contributed by atoms with E-state index in [0.29, 0.717) is 19.0 Å². The third kappa shape index (κ3) is 4.81. The lowest BCUT2D eigenvalue weighted by molar-refractivity contribution is -0.137. The number of amides is 1. The van der Waals surface area contributed by atoms with Crippen LogP contribution in [0.15, 0.2) is 48.8 Å². The summed E-state index contributed by atoms with van der Waals surface area (Å²) in [5.41, 5.74) is 0.972. The van der Waals surface area contributed by atoms with Crippen LogP contribution in [0.3, 0.4) is 0 Å². The standard InChI is InChI=1S/C24H31FN4O/c1-2-28-16-12-26-23(28)18-27-14-10-20(11-15-27)22-5-3-4-13-29(24(22)30)17-19-6-8-21(25)9-7-19/h3-4,6-9,12,16,20,22H,2,5,10-11,13-15,17-18H2,1H3/t22-/m0/s1. The third-order valence-electron chi connectivity index (χ3n) is 6.51. The fraction of sp³-hybridized carbons (Fsp3) is 0.500. The number of carbonyl (C=O) groups excluding carboxylic acids is 1. The van der Waals surface area contributed by atoms with Crippen LogP contribution in [0.25, 0.3) is 0 Å². The second-order valence-corrected chi connectivity index (χ2v) is 8.40. The monoisotopic (exact) mass is 410 g/mol. The summed E-state index contributed by atoms with van der Waals surface area (Å²) in [7, 11) is 0. The van der Waals surface area contributed by atoms with E-state index in [1.165, 1.54) is 12.1 Å². The summed E-state index contributed by atoms with van der Waals surface area (Å²) in [6.45, 7) is 7.14. The fourth-order valence-corrected chi connectivity index (χ4v) is 4.71. The Bertz CT molecular complexity index is 868. The molecule has 2 aromatic rings. The lowest BCUT2D eigenvalue weighted by Gasteiger charge is -2.36. The van der Waals surface area contributed by atoms with E-state index < -0.39 is 0 Å². The van der Waals surface area contributed by atoms with Crippen LogP contribution in [0.5, 0.6) is 0 Å². The smallest absolute Gasteiger partial charge is 0.226 e. The Hall–Kier alpha value is -2.47. The molecule has 1 atom stereocenters. The van der Waals surface area contributed by atoms with Gasteiger partial charge in [0.15, 0.2) is 0 Å². The van der Waals surface area contributed by atoms with Crippen molar-refractivity contribution in [1.29, 1.82) is 0 Å². The topological polar surface area (TPSA) is 41.4 Å². The maximum absolute atomic E-state index is 13.3. The summed E-state index contributed by atoms with van der Waals surface area (Å²) >= 11 is 0. The minimum Gasteiger partial charge on any atom is -0.334 e. The van der Waals surface area contributed by atoms with E-state index in [1.54, 1.807) is 12.1 Å². The van der Waals surface area contributed by atoms with Crippen LogP contribution in [-0.2, 0) is 24.4 Å². The highest BCUT2D eigenvalue weighted by atomic mass is 19.1. The highest BCUT2D eigenvalue weighted by Gasteiger charge is 2.34. The zero-order valence-corrected chi connectivity index (χ0v) is 17.7. The van der Waals surface area contributed by atoms with E-state index in [1.807, 2.05) is 17.3 Å². The summed E-state index contributed by atoms with van der Waals surface area (Å²) in [6, 6.07) is 6.46. The normalized spacial score (nSPS) is 21.2. The Balaban J connectivity index is 1.35. The minimum absolute atomic E-state index is 0.0453. The average molecular weight is 411 g/mol. The van der Waals surface area contributed by atoms with Crippen molar-refractivity contribution in [2.24, 2.45) is 11.8 Å². The Kier molecular flexibility index (Phi) is 6.62. The number of rotatable bonds is 6. The van der Waals surface area contributed by atoms with Crippen LogP contribution in [0.4, 0.5) is 4.39 Å². The lowest BCUT2D eigenvalue weighted by Crippen LogP contribution is -2.42. The van der Waals surface area contributed by atoms with Crippen LogP contribution in [-0.4, -0.2) is 44.9 Å². The number of imidazole rings is 1. The fourth-order valence-electron chi connectivity index (χ4n) is 4.71. The first kappa shape index (κ1) is 20.8. The molecule has 30 heavy (non-hydrogen) atoms. The molecule has 0 N–H and O–H groups in total. The van der Waals surface area contributed by atoms with Crippen molar-refractivity contribution < 1.29 is 9.18 Å². The molecule has 0 saturated carbocycles. The van der Waals surface area contributed by atoms with Gasteiger partial charge in [-0.1, -0.05) is 24.3 Å². The van der Waals surface area contributed by atoms with Gasteiger partial charge in [0, 0.05) is 37.9 Å². The Morgan fingerprint density at radius 1 is 1.10 bits per heavy atom. The maximum atomic E-state index is 13.3. The predicted octanol–water partition coefficient (Wildman–Crippen LogP) is 3.86. The molecule has 160 valence electrons. The first-order valence-electron chi connectivity index (χ1n) is 11.0. The average Bonchev–Trinajstić information content (AvgIpc) is 3.13. The zero-order chi connectivity index (χ0) is 20.9. The minimum atomic E-state index is -0.244. The van der Waals surface area contributed by atoms with Crippen molar-refractivity contribution in [2.75, 3.05) is 19.6 Å². The molecule has 0 radical (unpaired) electrons. The van der Waals surface area contributed by atoms with Crippen molar-refractivity contribution in [3.63, 3.8) is 0 Å². The quantitative estimate of drug-likeness (QED) is 0.679. The van der Waals surface area contributed by atoms with E-state index in [9.17, 15) is 9.18 Å². The molecule has 3 heterocycles. The van der Waals surface area contributed by atoms with Crippen LogP contribution >= 0.6 is 0 Å². The van der Waals surface area contributed by atoms with Gasteiger partial charge >= 0.3 is 0 Å². The third-order valence-corrected chi connectivity index (χ3v) is 6.51. The molecule has 1 fully saturated rings. The maximum Gasteiger partial charge on any atom is 0.226 e. The first-order valence-corrected chi connectivity index (χ1v) is 11.0. The van der Waals surface area contributed by atoms with Gasteiger partial charge in [-0.15, -0.1) is 0 Å². The number of halogens is 1. The molecule has 0 spiro atoms. The number of likely N-dealkylation sites (tertiary alicyclic amines) is 1. The molecule has 0 aliphatic carbocycles. The molecule has 1 aromatic heterocycles. The molecule has 2 aliphatic rings. The zero-order valence-electron chi connectivity index (χ0n) is 17.7. The van der Waals surface area contributed by atoms with Gasteiger partial charge in [-0.05, 0) is 62.9 Å². The van der Waals surface area contributed by atoms with Crippen LogP contribution in [0, 0.1) is 17.7 Å². The van der Waals surface area contributed by atoms with Crippen LogP contribution < -0.4 is 0 Å². The highest BCUT2D eigenvalue weighted by Crippen LogP contribution is 2.31. The molecule has 6 heteroatoms. The van der Waals surface area contributed by atoms with E-state index in [-0.39, 0.29) is 17.6 Å². The molecule has 1 amide bonds. The van der Waals surface area contributed by atoms with Crippen molar-refractivity contribution in [3.8, 4) is 0 Å².